The van der Waals surface area contributed by atoms with Gasteiger partial charge in [0.05, 0.1) is 4.88 Å². The molecule has 28 heavy (non-hydrogen) atoms. The Morgan fingerprint density at radius 2 is 1.89 bits per heavy atom. The summed E-state index contributed by atoms with van der Waals surface area (Å²) >= 11 is 6.99. The first kappa shape index (κ1) is 20.0. The number of rotatable bonds is 5. The molecule has 1 aromatic carbocycles. The van der Waals surface area contributed by atoms with Gasteiger partial charge in [-0.25, -0.2) is 4.39 Å². The number of aliphatic hydroxyl groups is 1. The van der Waals surface area contributed by atoms with Crippen LogP contribution in [0.5, 0.6) is 0 Å². The highest BCUT2D eigenvalue weighted by Crippen LogP contribution is 2.23. The lowest BCUT2D eigenvalue weighted by atomic mass is 10.2. The summed E-state index contributed by atoms with van der Waals surface area (Å²) in [5.74, 6) is -0.258. The van der Waals surface area contributed by atoms with Crippen LogP contribution < -0.4 is 14.8 Å². The average Bonchev–Trinajstić information content (AvgIpc) is 3.20. The molecule has 0 aliphatic rings. The summed E-state index contributed by atoms with van der Waals surface area (Å²) in [5, 5.41) is 15.8. The third kappa shape index (κ3) is 4.37. The molecule has 2 aromatic heterocycles. The molecular weight excluding hydrogens is 393 g/mol. The number of hydrogen-bond donors (Lipinski definition) is 2. The van der Waals surface area contributed by atoms with Crippen LogP contribution in [-0.4, -0.2) is 24.2 Å². The lowest BCUT2D eigenvalue weighted by Crippen LogP contribution is -2.38. The molecule has 0 unspecified atom stereocenters. The van der Waals surface area contributed by atoms with Crippen molar-refractivity contribution in [2.24, 2.45) is 0 Å². The van der Waals surface area contributed by atoms with E-state index >= 15 is 0 Å². The molecule has 0 aliphatic carbocycles. The number of thiophene rings is 1. The summed E-state index contributed by atoms with van der Waals surface area (Å²) in [6.45, 7) is 1.70. The lowest BCUT2D eigenvalue weighted by molar-refractivity contribution is -0.575. The van der Waals surface area contributed by atoms with Crippen molar-refractivity contribution in [2.75, 3.05) is 24.3 Å². The largest absolute Gasteiger partial charge is 0.501 e. The number of nitrogens with zero attached hydrogens (tertiary/aromatic N) is 2. The van der Waals surface area contributed by atoms with E-state index in [2.05, 4.69) is 5.32 Å². The first-order valence-corrected chi connectivity index (χ1v) is 9.89. The van der Waals surface area contributed by atoms with E-state index in [4.69, 9.17) is 12.2 Å². The van der Waals surface area contributed by atoms with E-state index in [-0.39, 0.29) is 16.6 Å². The third-order valence-corrected chi connectivity index (χ3v) is 5.38. The predicted molar refractivity (Wildman–Crippen MR) is 118 cm³/mol. The van der Waals surface area contributed by atoms with Crippen LogP contribution in [0, 0.1) is 12.7 Å². The van der Waals surface area contributed by atoms with Crippen LogP contribution >= 0.6 is 23.6 Å². The Hall–Kier alpha value is -2.77. The van der Waals surface area contributed by atoms with E-state index in [1.54, 1.807) is 23.6 Å². The molecule has 0 atom stereocenters. The molecule has 0 fully saturated rings. The van der Waals surface area contributed by atoms with Gasteiger partial charge in [0.15, 0.2) is 17.4 Å². The number of pyridine rings is 1. The fourth-order valence-electron chi connectivity index (χ4n) is 2.60. The number of hydrogen-bond acceptors (Lipinski definition) is 4. The van der Waals surface area contributed by atoms with Crippen molar-refractivity contribution in [3.05, 3.63) is 76.5 Å². The molecule has 0 amide bonds. The van der Waals surface area contributed by atoms with Crippen molar-refractivity contribution in [3.8, 4) is 0 Å². The maximum atomic E-state index is 13.9. The minimum atomic E-state index is -0.316. The van der Waals surface area contributed by atoms with Crippen LogP contribution in [0.2, 0.25) is 0 Å². The van der Waals surface area contributed by atoms with E-state index in [1.807, 2.05) is 61.0 Å². The Bertz CT molecular complexity index is 1010. The van der Waals surface area contributed by atoms with Crippen molar-refractivity contribution in [1.82, 2.24) is 0 Å². The van der Waals surface area contributed by atoms with Crippen LogP contribution in [0.25, 0.3) is 11.5 Å². The van der Waals surface area contributed by atoms with Crippen molar-refractivity contribution < 1.29 is 14.1 Å². The summed E-state index contributed by atoms with van der Waals surface area (Å²) in [6, 6.07) is 12.4. The van der Waals surface area contributed by atoms with Gasteiger partial charge in [0.1, 0.15) is 5.82 Å². The van der Waals surface area contributed by atoms with Gasteiger partial charge in [0.2, 0.25) is 5.76 Å². The molecule has 0 saturated carbocycles. The van der Waals surface area contributed by atoms with Crippen molar-refractivity contribution in [1.29, 1.82) is 0 Å². The minimum Gasteiger partial charge on any atom is -0.501 e. The third-order valence-electron chi connectivity index (χ3n) is 4.21. The second kappa shape index (κ2) is 8.50. The molecular formula is C21H21FN3OS2+. The van der Waals surface area contributed by atoms with Crippen LogP contribution in [0.4, 0.5) is 15.8 Å². The van der Waals surface area contributed by atoms with Crippen LogP contribution in [0.15, 0.2) is 60.2 Å². The molecule has 4 nitrogen and oxygen atoms in total. The van der Waals surface area contributed by atoms with Gasteiger partial charge in [-0.2, -0.15) is 4.57 Å². The number of thiocarbonyl (C=S) groups is 1. The standard InChI is InChI=1S/C21H20FN3OS2/c1-14-6-7-15(13-17(14)22)23-21(27)19(20(26)18-5-4-12-28-18)25-10-8-16(9-11-25)24(2)3/h4-13H,1-3H3,(H-,23,26,27)/p+1. The van der Waals surface area contributed by atoms with Gasteiger partial charge < -0.3 is 15.3 Å². The van der Waals surface area contributed by atoms with E-state index in [0.717, 1.165) is 5.69 Å². The Balaban J connectivity index is 2.02. The number of aromatic nitrogens is 1. The van der Waals surface area contributed by atoms with Crippen LogP contribution in [0.1, 0.15) is 10.4 Å². The molecule has 2 N–H and O–H groups in total. The van der Waals surface area contributed by atoms with Gasteiger partial charge >= 0.3 is 0 Å². The molecule has 3 aromatic rings. The van der Waals surface area contributed by atoms with Crippen LogP contribution in [-0.2, 0) is 0 Å². The van der Waals surface area contributed by atoms with E-state index in [0.29, 0.717) is 21.8 Å². The quantitative estimate of drug-likeness (QED) is 0.270. The zero-order valence-corrected chi connectivity index (χ0v) is 17.4. The lowest BCUT2D eigenvalue weighted by Gasteiger charge is -2.12. The molecule has 0 spiro atoms. The highest BCUT2D eigenvalue weighted by atomic mass is 32.1. The summed E-state index contributed by atoms with van der Waals surface area (Å²) in [7, 11) is 3.91. The number of benzene rings is 1. The fourth-order valence-corrected chi connectivity index (χ4v) is 3.59. The zero-order chi connectivity index (χ0) is 20.3. The van der Waals surface area contributed by atoms with Gasteiger partial charge in [-0.15, -0.1) is 11.3 Å². The SMILES string of the molecule is Cc1ccc(NC(=S)C(=C(O)c2cccs2)[n+]2ccc(N(C)C)cc2)cc1F. The fraction of sp³-hybridized carbons (Fsp3) is 0.143. The van der Waals surface area contributed by atoms with E-state index < -0.39 is 0 Å². The minimum absolute atomic E-state index is 0.0580. The summed E-state index contributed by atoms with van der Waals surface area (Å²) in [5.41, 5.74) is 2.52. The molecule has 2 heterocycles. The van der Waals surface area contributed by atoms with E-state index in [1.165, 1.54) is 17.4 Å². The Kier molecular flexibility index (Phi) is 6.06. The average molecular weight is 415 g/mol. The Morgan fingerprint density at radius 1 is 1.18 bits per heavy atom. The molecule has 3 rings (SSSR count). The van der Waals surface area contributed by atoms with Crippen molar-refractivity contribution in [2.45, 2.75) is 6.92 Å². The normalized spacial score (nSPS) is 11.7. The number of aliphatic hydroxyl groups excluding tert-OH is 1. The Morgan fingerprint density at radius 3 is 2.46 bits per heavy atom. The van der Waals surface area contributed by atoms with Gasteiger partial charge in [-0.3, -0.25) is 0 Å². The van der Waals surface area contributed by atoms with Gasteiger partial charge in [-0.05, 0) is 36.1 Å². The molecule has 0 saturated heterocycles. The zero-order valence-electron chi connectivity index (χ0n) is 15.8. The molecule has 0 aliphatic heterocycles. The van der Waals surface area contributed by atoms with Crippen molar-refractivity contribution in [3.63, 3.8) is 0 Å². The number of nitrogens with one attached hydrogen (secondary N) is 1. The second-order valence-corrected chi connectivity index (χ2v) is 7.81. The number of aryl methyl sites for hydroxylation is 1. The molecule has 144 valence electrons. The second-order valence-electron chi connectivity index (χ2n) is 6.45. The van der Waals surface area contributed by atoms with Crippen LogP contribution in [0.3, 0.4) is 0 Å². The maximum Gasteiger partial charge on any atom is 0.289 e. The molecule has 7 heteroatoms. The van der Waals surface area contributed by atoms with E-state index in [9.17, 15) is 9.50 Å². The molecule has 0 bridgehead atoms. The topological polar surface area (TPSA) is 39.4 Å². The predicted octanol–water partition coefficient (Wildman–Crippen LogP) is 4.87. The number of anilines is 2. The first-order chi connectivity index (χ1) is 13.4. The van der Waals surface area contributed by atoms with Crippen molar-refractivity contribution >= 4 is 51.4 Å². The first-order valence-electron chi connectivity index (χ1n) is 8.60. The number of halogens is 1. The summed E-state index contributed by atoms with van der Waals surface area (Å²) < 4.78 is 15.7. The summed E-state index contributed by atoms with van der Waals surface area (Å²) in [4.78, 5) is 2.97. The monoisotopic (exact) mass is 414 g/mol. The van der Waals surface area contributed by atoms with Gasteiger partial charge in [-0.1, -0.05) is 24.4 Å². The maximum absolute atomic E-state index is 13.9. The highest BCUT2D eigenvalue weighted by Gasteiger charge is 2.24. The van der Waals surface area contributed by atoms with Gasteiger partial charge in [0, 0.05) is 37.6 Å². The Labute approximate surface area is 173 Å². The smallest absolute Gasteiger partial charge is 0.289 e. The summed E-state index contributed by atoms with van der Waals surface area (Å²) in [6.07, 6.45) is 3.66. The van der Waals surface area contributed by atoms with Gasteiger partial charge in [0.25, 0.3) is 5.70 Å². The highest BCUT2D eigenvalue weighted by molar-refractivity contribution is 7.81. The molecule has 0 radical (unpaired) electrons.